The normalized spacial score (nSPS) is 11.4. The molecule has 0 fully saturated rings. The van der Waals surface area contributed by atoms with E-state index in [9.17, 15) is 26.7 Å². The molecule has 0 unspecified atom stereocenters. The van der Waals surface area contributed by atoms with E-state index >= 15 is 0 Å². The number of rotatable bonds is 30. The molecule has 0 aliphatic rings. The quantitative estimate of drug-likeness (QED) is 0.0298. The van der Waals surface area contributed by atoms with Gasteiger partial charge in [0.05, 0.1) is 106 Å². The summed E-state index contributed by atoms with van der Waals surface area (Å²) in [4.78, 5) is 11.6. The van der Waals surface area contributed by atoms with Gasteiger partial charge in [-0.2, -0.15) is 8.78 Å². The molecule has 44 heavy (non-hydrogen) atoms. The Morgan fingerprint density at radius 3 is 1.11 bits per heavy atom. The summed E-state index contributed by atoms with van der Waals surface area (Å²) in [6.07, 6.45) is 4.30. The molecule has 1 rings (SSSR count). The van der Waals surface area contributed by atoms with Gasteiger partial charge in [-0.05, 0) is 6.42 Å². The van der Waals surface area contributed by atoms with Crippen LogP contribution in [0.1, 0.15) is 39.0 Å². The molecule has 0 saturated heterocycles. The largest absolute Gasteiger partial charge is 0.420 e. The molecule has 1 aromatic rings. The molecule has 0 atom stereocenters. The van der Waals surface area contributed by atoms with Gasteiger partial charge in [0.25, 0.3) is 0 Å². The van der Waals surface area contributed by atoms with Gasteiger partial charge in [0.15, 0.2) is 0 Å². The maximum Gasteiger partial charge on any atom is 0.313 e. The summed E-state index contributed by atoms with van der Waals surface area (Å²) < 4.78 is 113. The second kappa shape index (κ2) is 27.3. The lowest BCUT2D eigenvalue weighted by atomic mass is 10.2. The zero-order chi connectivity index (χ0) is 32.3. The molecule has 0 radical (unpaired) electrons. The van der Waals surface area contributed by atoms with Crippen LogP contribution in [-0.2, 0) is 42.7 Å². The van der Waals surface area contributed by atoms with E-state index < -0.39 is 47.2 Å². The van der Waals surface area contributed by atoms with Gasteiger partial charge in [-0.25, -0.2) is 13.2 Å². The topological polar surface area (TPSA) is 100 Å². The zero-order valence-corrected chi connectivity index (χ0v) is 25.3. The predicted molar refractivity (Wildman–Crippen MR) is 147 cm³/mol. The molecular weight excluding hydrogens is 603 g/mol. The van der Waals surface area contributed by atoms with Gasteiger partial charge in [-0.1, -0.05) is 26.2 Å². The Bertz CT molecular complexity index is 852. The van der Waals surface area contributed by atoms with E-state index in [4.69, 9.17) is 37.9 Å². The van der Waals surface area contributed by atoms with Gasteiger partial charge < -0.3 is 42.6 Å². The molecule has 0 aromatic heterocycles. The molecule has 0 spiro atoms. The van der Waals surface area contributed by atoms with E-state index in [1.54, 1.807) is 0 Å². The summed E-state index contributed by atoms with van der Waals surface area (Å²) in [6.45, 7) is 8.38. The monoisotopic (exact) mass is 648 g/mol. The van der Waals surface area contributed by atoms with E-state index in [2.05, 4.69) is 11.7 Å². The average Bonchev–Trinajstić information content (AvgIpc) is 3.02. The minimum absolute atomic E-state index is 0.0898. The molecule has 10 nitrogen and oxygen atoms in total. The molecule has 0 heterocycles. The van der Waals surface area contributed by atoms with E-state index in [-0.39, 0.29) is 26.4 Å². The van der Waals surface area contributed by atoms with Gasteiger partial charge >= 0.3 is 5.97 Å². The van der Waals surface area contributed by atoms with Crippen molar-refractivity contribution in [3.63, 3.8) is 0 Å². The number of hydrogen-bond acceptors (Lipinski definition) is 10. The Morgan fingerprint density at radius 1 is 0.432 bits per heavy atom. The molecule has 0 bridgehead atoms. The summed E-state index contributed by atoms with van der Waals surface area (Å²) in [5, 5.41) is 0. The van der Waals surface area contributed by atoms with Crippen LogP contribution in [0.2, 0.25) is 0 Å². The van der Waals surface area contributed by atoms with Crippen LogP contribution in [0.15, 0.2) is 0 Å². The summed E-state index contributed by atoms with van der Waals surface area (Å²) in [5.41, 5.74) is 0. The highest BCUT2D eigenvalue weighted by Gasteiger charge is 2.28. The van der Waals surface area contributed by atoms with Crippen LogP contribution in [0.5, 0.6) is 5.75 Å². The number of benzene rings is 1. The maximum atomic E-state index is 13.5. The minimum Gasteiger partial charge on any atom is -0.420 e. The summed E-state index contributed by atoms with van der Waals surface area (Å²) >= 11 is 0. The fourth-order valence-corrected chi connectivity index (χ4v) is 3.27. The van der Waals surface area contributed by atoms with Crippen molar-refractivity contribution in [2.24, 2.45) is 0 Å². The number of esters is 1. The van der Waals surface area contributed by atoms with Crippen LogP contribution >= 0.6 is 0 Å². The lowest BCUT2D eigenvalue weighted by Gasteiger charge is -2.09. The van der Waals surface area contributed by atoms with Crippen molar-refractivity contribution in [3.8, 4) is 5.75 Å². The van der Waals surface area contributed by atoms with Gasteiger partial charge in [-0.3, -0.25) is 4.79 Å². The average molecular weight is 649 g/mol. The lowest BCUT2D eigenvalue weighted by molar-refractivity contribution is -0.136. The first kappa shape index (κ1) is 40.0. The summed E-state index contributed by atoms with van der Waals surface area (Å²) in [7, 11) is 0. The van der Waals surface area contributed by atoms with E-state index in [1.165, 1.54) is 19.3 Å². The van der Waals surface area contributed by atoms with Crippen molar-refractivity contribution < 1.29 is 69.4 Å². The molecule has 0 N–H and O–H groups in total. The van der Waals surface area contributed by atoms with Gasteiger partial charge in [0.1, 0.15) is 0 Å². The van der Waals surface area contributed by atoms with Crippen LogP contribution in [-0.4, -0.2) is 112 Å². The second-order valence-electron chi connectivity index (χ2n) is 9.08. The van der Waals surface area contributed by atoms with Gasteiger partial charge in [-0.15, -0.1) is 0 Å². The third-order valence-corrected chi connectivity index (χ3v) is 5.58. The van der Waals surface area contributed by atoms with Crippen molar-refractivity contribution in [1.82, 2.24) is 0 Å². The van der Waals surface area contributed by atoms with Crippen LogP contribution in [0.3, 0.4) is 0 Å². The number of halogens is 5. The lowest BCUT2D eigenvalue weighted by Crippen LogP contribution is -2.16. The van der Waals surface area contributed by atoms with Crippen LogP contribution in [0.25, 0.3) is 0 Å². The first-order valence-electron chi connectivity index (χ1n) is 14.7. The van der Waals surface area contributed by atoms with Crippen molar-refractivity contribution in [3.05, 3.63) is 29.1 Å². The smallest absolute Gasteiger partial charge is 0.313 e. The highest BCUT2D eigenvalue weighted by atomic mass is 19.2. The molecule has 0 saturated carbocycles. The summed E-state index contributed by atoms with van der Waals surface area (Å²) in [6, 6.07) is 0. The van der Waals surface area contributed by atoms with E-state index in [1.807, 2.05) is 0 Å². The number of ether oxygens (including phenoxy) is 9. The Hall–Kier alpha value is -1.98. The van der Waals surface area contributed by atoms with Gasteiger partial charge in [0, 0.05) is 6.61 Å². The molecule has 0 amide bonds. The highest BCUT2D eigenvalue weighted by molar-refractivity contribution is 5.72. The third-order valence-electron chi connectivity index (χ3n) is 5.58. The molecule has 256 valence electrons. The van der Waals surface area contributed by atoms with Gasteiger partial charge in [0.2, 0.25) is 34.8 Å². The second-order valence-corrected chi connectivity index (χ2v) is 9.08. The van der Waals surface area contributed by atoms with Crippen LogP contribution in [0, 0.1) is 29.1 Å². The number of unbranched alkanes of at least 4 members (excludes halogenated alkanes) is 3. The fourth-order valence-electron chi connectivity index (χ4n) is 3.27. The molecule has 15 heteroatoms. The first-order valence-corrected chi connectivity index (χ1v) is 14.7. The van der Waals surface area contributed by atoms with Crippen molar-refractivity contribution >= 4 is 5.97 Å². The van der Waals surface area contributed by atoms with E-state index in [0.29, 0.717) is 72.7 Å². The van der Waals surface area contributed by atoms with Crippen molar-refractivity contribution in [2.45, 2.75) is 39.0 Å². The van der Waals surface area contributed by atoms with Crippen molar-refractivity contribution in [1.29, 1.82) is 0 Å². The Labute approximate surface area is 255 Å². The van der Waals surface area contributed by atoms with E-state index in [0.717, 1.165) is 13.0 Å². The number of hydrogen-bond donors (Lipinski definition) is 0. The SMILES string of the molecule is CCCCCCOCCOCCOCCOCCOCCOCCOCCOCCC(=O)Oc1c(F)c(F)c(F)c(F)c1F. The summed E-state index contributed by atoms with van der Waals surface area (Å²) in [5.74, 6) is -14.1. The molecule has 0 aliphatic heterocycles. The molecule has 1 aromatic carbocycles. The predicted octanol–water partition coefficient (Wildman–Crippen LogP) is 4.39. The zero-order valence-electron chi connectivity index (χ0n) is 25.3. The third kappa shape index (κ3) is 19.4. The first-order chi connectivity index (χ1) is 21.4. The Morgan fingerprint density at radius 2 is 0.750 bits per heavy atom. The Kier molecular flexibility index (Phi) is 24.9. The van der Waals surface area contributed by atoms with Crippen LogP contribution < -0.4 is 4.74 Å². The fraction of sp³-hybridized carbons (Fsp3) is 0.759. The standard InChI is InChI=1S/C29H45F5O10/c1-2-3-4-5-7-36-9-11-38-13-15-40-17-19-42-21-22-43-20-18-41-16-14-39-12-10-37-8-6-23(35)44-29-27(33)25(31)24(30)26(32)28(29)34/h2-22H2,1H3. The van der Waals surface area contributed by atoms with Crippen LogP contribution in [0.4, 0.5) is 22.0 Å². The maximum absolute atomic E-state index is 13.5. The Balaban J connectivity index is 1.79. The van der Waals surface area contributed by atoms with Crippen molar-refractivity contribution in [2.75, 3.05) is 106 Å². The number of carbonyl (C=O) groups is 1. The molecular formula is C29H45F5O10. The highest BCUT2D eigenvalue weighted by Crippen LogP contribution is 2.29. The molecule has 0 aliphatic carbocycles. The minimum atomic E-state index is -2.34. The number of carbonyl (C=O) groups excluding carboxylic acids is 1.